The minimum absolute atomic E-state index is 0.0335. The fourth-order valence-electron chi connectivity index (χ4n) is 4.25. The maximum atomic E-state index is 12.9. The quantitative estimate of drug-likeness (QED) is 0.747. The molecule has 160 valence electrons. The molecule has 0 unspecified atom stereocenters. The molecular formula is C20H29N3O5S. The second-order valence-electron chi connectivity index (χ2n) is 7.95. The monoisotopic (exact) mass is 423 g/mol. The molecule has 2 atom stereocenters. The first-order chi connectivity index (χ1) is 13.9. The number of carbonyl (C=O) groups excluding carboxylic acids is 1. The number of rotatable bonds is 5. The van der Waals surface area contributed by atoms with E-state index in [1.807, 2.05) is 6.92 Å². The van der Waals surface area contributed by atoms with Crippen molar-refractivity contribution in [3.63, 3.8) is 0 Å². The molecule has 8 nitrogen and oxygen atoms in total. The zero-order valence-electron chi connectivity index (χ0n) is 16.8. The number of hydrogen-bond acceptors (Lipinski definition) is 6. The predicted molar refractivity (Wildman–Crippen MR) is 107 cm³/mol. The number of nitrogens with one attached hydrogen (secondary N) is 1. The topological polar surface area (TPSA) is 88.2 Å². The SMILES string of the molecule is Cc1ccc(S(=O)(=O)N2CCOCC2)cc1C(=O)NC[C@@H]1CN2CCC[C@@H]2CO1. The fraction of sp³-hybridized carbons (Fsp3) is 0.650. The summed E-state index contributed by atoms with van der Waals surface area (Å²) < 4.78 is 38.3. The Balaban J connectivity index is 1.42. The summed E-state index contributed by atoms with van der Waals surface area (Å²) in [5.41, 5.74) is 1.13. The maximum Gasteiger partial charge on any atom is 0.251 e. The van der Waals surface area contributed by atoms with E-state index in [-0.39, 0.29) is 16.9 Å². The minimum Gasteiger partial charge on any atom is -0.379 e. The van der Waals surface area contributed by atoms with Gasteiger partial charge < -0.3 is 14.8 Å². The predicted octanol–water partition coefficient (Wildman–Crippen LogP) is 0.609. The van der Waals surface area contributed by atoms with E-state index in [0.29, 0.717) is 51.1 Å². The van der Waals surface area contributed by atoms with Crippen LogP contribution in [-0.2, 0) is 19.5 Å². The zero-order valence-corrected chi connectivity index (χ0v) is 17.6. The number of sulfonamides is 1. The largest absolute Gasteiger partial charge is 0.379 e. The van der Waals surface area contributed by atoms with Crippen LogP contribution in [0.15, 0.2) is 23.1 Å². The summed E-state index contributed by atoms with van der Waals surface area (Å²) in [5, 5.41) is 2.93. The zero-order chi connectivity index (χ0) is 20.4. The normalized spacial score (nSPS) is 26.2. The van der Waals surface area contributed by atoms with Crippen molar-refractivity contribution in [3.8, 4) is 0 Å². The summed E-state index contributed by atoms with van der Waals surface area (Å²) in [6.07, 6.45) is 2.35. The Kier molecular flexibility index (Phi) is 6.21. The summed E-state index contributed by atoms with van der Waals surface area (Å²) in [7, 11) is -3.64. The second kappa shape index (κ2) is 8.69. The van der Waals surface area contributed by atoms with Crippen molar-refractivity contribution in [3.05, 3.63) is 29.3 Å². The number of ether oxygens (including phenoxy) is 2. The highest BCUT2D eigenvalue weighted by atomic mass is 32.2. The first-order valence-corrected chi connectivity index (χ1v) is 11.7. The van der Waals surface area contributed by atoms with Gasteiger partial charge in [0.2, 0.25) is 10.0 Å². The molecule has 3 heterocycles. The van der Waals surface area contributed by atoms with Crippen molar-refractivity contribution in [2.75, 3.05) is 52.5 Å². The molecule has 29 heavy (non-hydrogen) atoms. The Hall–Kier alpha value is -1.52. The molecule has 3 fully saturated rings. The lowest BCUT2D eigenvalue weighted by Gasteiger charge is -2.35. The van der Waals surface area contributed by atoms with Crippen molar-refractivity contribution in [2.24, 2.45) is 0 Å². The number of hydrogen-bond donors (Lipinski definition) is 1. The molecular weight excluding hydrogens is 394 g/mol. The molecule has 0 radical (unpaired) electrons. The van der Waals surface area contributed by atoms with Crippen LogP contribution in [0.2, 0.25) is 0 Å². The van der Waals surface area contributed by atoms with Crippen molar-refractivity contribution in [2.45, 2.75) is 36.8 Å². The highest BCUT2D eigenvalue weighted by Crippen LogP contribution is 2.23. The Morgan fingerprint density at radius 3 is 2.83 bits per heavy atom. The van der Waals surface area contributed by atoms with Crippen molar-refractivity contribution in [1.29, 1.82) is 0 Å². The van der Waals surface area contributed by atoms with E-state index in [1.165, 1.54) is 23.2 Å². The van der Waals surface area contributed by atoms with Gasteiger partial charge in [0, 0.05) is 37.8 Å². The Bertz CT molecular complexity index is 854. The van der Waals surface area contributed by atoms with Crippen LogP contribution in [-0.4, -0.2) is 88.2 Å². The number of benzene rings is 1. The molecule has 0 bridgehead atoms. The van der Waals surface area contributed by atoms with Crippen LogP contribution in [0.3, 0.4) is 0 Å². The lowest BCUT2D eigenvalue weighted by Crippen LogP contribution is -2.50. The van der Waals surface area contributed by atoms with Gasteiger partial charge >= 0.3 is 0 Å². The number of aryl methyl sites for hydroxylation is 1. The maximum absolute atomic E-state index is 12.9. The first kappa shape index (κ1) is 20.7. The third-order valence-electron chi connectivity index (χ3n) is 6.01. The van der Waals surface area contributed by atoms with Gasteiger partial charge in [-0.05, 0) is 44.0 Å². The molecule has 3 saturated heterocycles. The third kappa shape index (κ3) is 4.49. The molecule has 0 spiro atoms. The molecule has 0 saturated carbocycles. The van der Waals surface area contributed by atoms with Gasteiger partial charge in [0.25, 0.3) is 5.91 Å². The molecule has 3 aliphatic heterocycles. The van der Waals surface area contributed by atoms with Crippen LogP contribution in [0, 0.1) is 6.92 Å². The molecule has 1 aromatic carbocycles. The van der Waals surface area contributed by atoms with Crippen LogP contribution < -0.4 is 5.32 Å². The average molecular weight is 424 g/mol. The Morgan fingerprint density at radius 1 is 1.24 bits per heavy atom. The summed E-state index contributed by atoms with van der Waals surface area (Å²) in [6, 6.07) is 5.25. The number of amides is 1. The molecule has 1 aromatic rings. The molecule has 0 aromatic heterocycles. The molecule has 0 aliphatic carbocycles. The van der Waals surface area contributed by atoms with Gasteiger partial charge in [0.1, 0.15) is 0 Å². The highest BCUT2D eigenvalue weighted by Gasteiger charge is 2.32. The van der Waals surface area contributed by atoms with Crippen LogP contribution in [0.5, 0.6) is 0 Å². The molecule has 4 rings (SSSR count). The van der Waals surface area contributed by atoms with Crippen LogP contribution in [0.4, 0.5) is 0 Å². The van der Waals surface area contributed by atoms with Gasteiger partial charge in [-0.3, -0.25) is 9.69 Å². The minimum atomic E-state index is -3.64. The Morgan fingerprint density at radius 2 is 2.03 bits per heavy atom. The van der Waals surface area contributed by atoms with Crippen LogP contribution in [0.1, 0.15) is 28.8 Å². The number of morpholine rings is 2. The fourth-order valence-corrected chi connectivity index (χ4v) is 5.69. The molecule has 1 amide bonds. The van der Waals surface area contributed by atoms with Gasteiger partial charge in [0.15, 0.2) is 0 Å². The van der Waals surface area contributed by atoms with Crippen molar-refractivity contribution < 1.29 is 22.7 Å². The van der Waals surface area contributed by atoms with Gasteiger partial charge in [-0.2, -0.15) is 4.31 Å². The van der Waals surface area contributed by atoms with Gasteiger partial charge in [-0.25, -0.2) is 8.42 Å². The summed E-state index contributed by atoms with van der Waals surface area (Å²) in [4.78, 5) is 15.4. The van der Waals surface area contributed by atoms with Gasteiger partial charge in [0.05, 0.1) is 30.8 Å². The van der Waals surface area contributed by atoms with E-state index in [0.717, 1.165) is 18.7 Å². The molecule has 3 aliphatic rings. The molecule has 9 heteroatoms. The molecule has 1 N–H and O–H groups in total. The van der Waals surface area contributed by atoms with Gasteiger partial charge in [-0.15, -0.1) is 0 Å². The van der Waals surface area contributed by atoms with Crippen molar-refractivity contribution >= 4 is 15.9 Å². The van der Waals surface area contributed by atoms with E-state index in [2.05, 4.69) is 10.2 Å². The summed E-state index contributed by atoms with van der Waals surface area (Å²) in [6.45, 7) is 6.30. The lowest BCUT2D eigenvalue weighted by molar-refractivity contribution is -0.0461. The first-order valence-electron chi connectivity index (χ1n) is 10.3. The van der Waals surface area contributed by atoms with Gasteiger partial charge in [-0.1, -0.05) is 6.07 Å². The summed E-state index contributed by atoms with van der Waals surface area (Å²) >= 11 is 0. The smallest absolute Gasteiger partial charge is 0.251 e. The van der Waals surface area contributed by atoms with E-state index < -0.39 is 10.0 Å². The van der Waals surface area contributed by atoms with Crippen molar-refractivity contribution in [1.82, 2.24) is 14.5 Å². The van der Waals surface area contributed by atoms with E-state index in [9.17, 15) is 13.2 Å². The van der Waals surface area contributed by atoms with E-state index in [1.54, 1.807) is 12.1 Å². The van der Waals surface area contributed by atoms with E-state index in [4.69, 9.17) is 9.47 Å². The van der Waals surface area contributed by atoms with E-state index >= 15 is 0 Å². The standard InChI is InChI=1S/C20H29N3O5S/c1-15-4-5-18(29(25,26)23-7-9-27-10-8-23)11-19(15)20(24)21-12-17-13-22-6-2-3-16(22)14-28-17/h4-5,11,16-17H,2-3,6-10,12-14H2,1H3,(H,21,24)/t16-,17-/m1/s1. The Labute approximate surface area is 172 Å². The average Bonchev–Trinajstić information content (AvgIpc) is 3.20. The number of carbonyl (C=O) groups is 1. The number of fused-ring (bicyclic) bond motifs is 1. The van der Waals surface area contributed by atoms with Crippen LogP contribution in [0.25, 0.3) is 0 Å². The highest BCUT2D eigenvalue weighted by molar-refractivity contribution is 7.89. The van der Waals surface area contributed by atoms with Crippen LogP contribution >= 0.6 is 0 Å². The summed E-state index contributed by atoms with van der Waals surface area (Å²) in [5.74, 6) is -0.270. The number of nitrogens with zero attached hydrogens (tertiary/aromatic N) is 2. The third-order valence-corrected chi connectivity index (χ3v) is 7.91. The lowest BCUT2D eigenvalue weighted by atomic mass is 10.1. The second-order valence-corrected chi connectivity index (χ2v) is 9.89.